The molecule has 9 nitrogen and oxygen atoms in total. The van der Waals surface area contributed by atoms with Crippen LogP contribution in [0, 0.1) is 11.6 Å². The summed E-state index contributed by atoms with van der Waals surface area (Å²) < 4.78 is 35.6. The summed E-state index contributed by atoms with van der Waals surface area (Å²) in [5, 5.41) is 9.19. The van der Waals surface area contributed by atoms with E-state index in [1.165, 1.54) is 12.3 Å². The van der Waals surface area contributed by atoms with Crippen molar-refractivity contribution in [1.82, 2.24) is 19.7 Å². The molecule has 12 heteroatoms. The van der Waals surface area contributed by atoms with Crippen LogP contribution in [0.25, 0.3) is 10.6 Å². The number of carbonyl (C=O) groups excluding carboxylic acids is 2. The molecule has 2 amide bonds. The first-order valence-corrected chi connectivity index (χ1v) is 11.2. The fourth-order valence-corrected chi connectivity index (χ4v) is 3.80. The molecule has 0 aliphatic carbocycles. The topological polar surface area (TPSA) is 101 Å². The number of amides is 2. The molecule has 1 aromatic carbocycles. The van der Waals surface area contributed by atoms with Crippen LogP contribution in [-0.4, -0.2) is 57.9 Å². The van der Waals surface area contributed by atoms with E-state index in [4.69, 9.17) is 4.74 Å². The maximum absolute atomic E-state index is 14.3. The van der Waals surface area contributed by atoms with E-state index in [-0.39, 0.29) is 15.7 Å². The summed E-state index contributed by atoms with van der Waals surface area (Å²) in [6.45, 7) is 6.41. The Morgan fingerprint density at radius 2 is 1.85 bits per heavy atom. The maximum atomic E-state index is 14.3. The van der Waals surface area contributed by atoms with Crippen LogP contribution in [0.3, 0.4) is 0 Å². The normalized spacial score (nSPS) is 11.5. The third-order valence-corrected chi connectivity index (χ3v) is 5.29. The molecule has 0 radical (unpaired) electrons. The van der Waals surface area contributed by atoms with Crippen molar-refractivity contribution in [3.05, 3.63) is 47.9 Å². The Balaban J connectivity index is 1.90. The van der Waals surface area contributed by atoms with Crippen molar-refractivity contribution in [3.8, 4) is 10.6 Å². The standard InChI is InChI=1S/C22H26F2N6O3S/c1-22(2,3)33-21(32)28-20-17(27-19(34-20)16-14(23)7-6-8-15(16)24)18(31)26-13-11-25-30(12-13)10-9-29(4)5/h6-8,11-12H,9-10H2,1-5H3,(H,26,31)(H,28,32). The van der Waals surface area contributed by atoms with Crippen molar-refractivity contribution in [2.24, 2.45) is 0 Å². The molecule has 2 N–H and O–H groups in total. The van der Waals surface area contributed by atoms with Crippen molar-refractivity contribution >= 4 is 34.0 Å². The summed E-state index contributed by atoms with van der Waals surface area (Å²) in [6, 6.07) is 3.40. The molecule has 0 saturated carbocycles. The summed E-state index contributed by atoms with van der Waals surface area (Å²) in [6.07, 6.45) is 2.28. The third kappa shape index (κ3) is 6.58. The number of likely N-dealkylation sites (N-methyl/N-ethyl adjacent to an activating group) is 1. The van der Waals surface area contributed by atoms with Gasteiger partial charge in [0, 0.05) is 12.7 Å². The molecule has 3 aromatic rings. The van der Waals surface area contributed by atoms with Crippen LogP contribution in [0.1, 0.15) is 31.3 Å². The van der Waals surface area contributed by atoms with Crippen LogP contribution in [0.5, 0.6) is 0 Å². The highest BCUT2D eigenvalue weighted by Gasteiger charge is 2.26. The molecule has 0 aliphatic rings. The number of benzene rings is 1. The lowest BCUT2D eigenvalue weighted by atomic mass is 10.2. The minimum absolute atomic E-state index is 0.00981. The summed E-state index contributed by atoms with van der Waals surface area (Å²) >= 11 is 0.760. The van der Waals surface area contributed by atoms with Crippen molar-refractivity contribution in [1.29, 1.82) is 0 Å². The van der Waals surface area contributed by atoms with Crippen LogP contribution in [-0.2, 0) is 11.3 Å². The SMILES string of the molecule is CN(C)CCn1cc(NC(=O)c2nc(-c3c(F)cccc3F)sc2NC(=O)OC(C)(C)C)cn1. The first kappa shape index (κ1) is 25.2. The Labute approximate surface area is 199 Å². The second-order valence-electron chi connectivity index (χ2n) is 8.67. The van der Waals surface area contributed by atoms with E-state index in [1.54, 1.807) is 31.6 Å². The lowest BCUT2D eigenvalue weighted by Crippen LogP contribution is -2.27. The largest absolute Gasteiger partial charge is 0.444 e. The number of hydrogen-bond donors (Lipinski definition) is 2. The molecule has 182 valence electrons. The average molecular weight is 493 g/mol. The molecule has 3 rings (SSSR count). The number of thiazole rings is 1. The highest BCUT2D eigenvalue weighted by molar-refractivity contribution is 7.19. The first-order chi connectivity index (χ1) is 15.9. The monoisotopic (exact) mass is 492 g/mol. The molecule has 0 bridgehead atoms. The lowest BCUT2D eigenvalue weighted by Gasteiger charge is -2.19. The van der Waals surface area contributed by atoms with E-state index in [0.717, 1.165) is 30.0 Å². The van der Waals surface area contributed by atoms with Crippen LogP contribution in [0.2, 0.25) is 0 Å². The van der Waals surface area contributed by atoms with Gasteiger partial charge in [-0.3, -0.25) is 14.8 Å². The zero-order valence-electron chi connectivity index (χ0n) is 19.5. The predicted octanol–water partition coefficient (Wildman–Crippen LogP) is 4.45. The Morgan fingerprint density at radius 3 is 2.47 bits per heavy atom. The molecular formula is C22H26F2N6O3S. The molecular weight excluding hydrogens is 466 g/mol. The smallest absolute Gasteiger partial charge is 0.412 e. The Bertz CT molecular complexity index is 1170. The summed E-state index contributed by atoms with van der Waals surface area (Å²) in [5.41, 5.74) is -0.998. The molecule has 0 fully saturated rings. The highest BCUT2D eigenvalue weighted by Crippen LogP contribution is 2.35. The van der Waals surface area contributed by atoms with Gasteiger partial charge in [0.15, 0.2) is 5.69 Å². The third-order valence-electron chi connectivity index (χ3n) is 4.30. The number of ether oxygens (including phenoxy) is 1. The van der Waals surface area contributed by atoms with Gasteiger partial charge >= 0.3 is 6.09 Å². The van der Waals surface area contributed by atoms with Gasteiger partial charge in [-0.15, -0.1) is 0 Å². The van der Waals surface area contributed by atoms with Gasteiger partial charge in [0.1, 0.15) is 27.2 Å². The summed E-state index contributed by atoms with van der Waals surface area (Å²) in [4.78, 5) is 31.4. The van der Waals surface area contributed by atoms with Crippen molar-refractivity contribution in [2.45, 2.75) is 32.9 Å². The first-order valence-electron chi connectivity index (χ1n) is 10.4. The second-order valence-corrected chi connectivity index (χ2v) is 9.67. The summed E-state index contributed by atoms with van der Waals surface area (Å²) in [5.74, 6) is -2.36. The van der Waals surface area contributed by atoms with Gasteiger partial charge in [-0.2, -0.15) is 5.10 Å². The molecule has 2 heterocycles. The minimum atomic E-state index is -0.841. The van der Waals surface area contributed by atoms with Gasteiger partial charge in [0.2, 0.25) is 0 Å². The number of nitrogens with zero attached hydrogens (tertiary/aromatic N) is 4. The Kier molecular flexibility index (Phi) is 7.62. The fraction of sp³-hybridized carbons (Fsp3) is 0.364. The van der Waals surface area contributed by atoms with Crippen LogP contribution < -0.4 is 10.6 Å². The van der Waals surface area contributed by atoms with Crippen LogP contribution in [0.4, 0.5) is 24.3 Å². The average Bonchev–Trinajstić information content (AvgIpc) is 3.32. The molecule has 34 heavy (non-hydrogen) atoms. The van der Waals surface area contributed by atoms with Gasteiger partial charge in [-0.1, -0.05) is 17.4 Å². The van der Waals surface area contributed by atoms with Gasteiger partial charge < -0.3 is 15.0 Å². The minimum Gasteiger partial charge on any atom is -0.444 e. The maximum Gasteiger partial charge on any atom is 0.412 e. The van der Waals surface area contributed by atoms with E-state index in [1.807, 2.05) is 19.0 Å². The van der Waals surface area contributed by atoms with E-state index in [2.05, 4.69) is 20.7 Å². The number of halogens is 2. The number of aromatic nitrogens is 3. The van der Waals surface area contributed by atoms with Crippen molar-refractivity contribution < 1.29 is 23.1 Å². The number of hydrogen-bond acceptors (Lipinski definition) is 7. The molecule has 0 unspecified atom stereocenters. The second kappa shape index (κ2) is 10.3. The Hall–Kier alpha value is -3.38. The molecule has 0 spiro atoms. The molecule has 2 aromatic heterocycles. The van der Waals surface area contributed by atoms with Gasteiger partial charge in [0.05, 0.1) is 24.0 Å². The zero-order valence-corrected chi connectivity index (χ0v) is 20.3. The quantitative estimate of drug-likeness (QED) is 0.506. The van der Waals surface area contributed by atoms with E-state index in [9.17, 15) is 18.4 Å². The van der Waals surface area contributed by atoms with Gasteiger partial charge in [-0.05, 0) is 47.0 Å². The van der Waals surface area contributed by atoms with Crippen LogP contribution in [0.15, 0.2) is 30.6 Å². The number of nitrogens with one attached hydrogen (secondary N) is 2. The van der Waals surface area contributed by atoms with E-state index in [0.29, 0.717) is 12.2 Å². The predicted molar refractivity (Wildman–Crippen MR) is 126 cm³/mol. The number of anilines is 2. The van der Waals surface area contributed by atoms with Gasteiger partial charge in [-0.25, -0.2) is 18.6 Å². The lowest BCUT2D eigenvalue weighted by molar-refractivity contribution is 0.0636. The molecule has 0 aliphatic heterocycles. The number of rotatable bonds is 7. The van der Waals surface area contributed by atoms with E-state index < -0.39 is 34.8 Å². The Morgan fingerprint density at radius 1 is 1.18 bits per heavy atom. The highest BCUT2D eigenvalue weighted by atomic mass is 32.1. The van der Waals surface area contributed by atoms with Crippen molar-refractivity contribution in [2.75, 3.05) is 31.3 Å². The number of carbonyl (C=O) groups is 2. The molecule has 0 saturated heterocycles. The van der Waals surface area contributed by atoms with Crippen LogP contribution >= 0.6 is 11.3 Å². The van der Waals surface area contributed by atoms with Gasteiger partial charge in [0.25, 0.3) is 5.91 Å². The molecule has 0 atom stereocenters. The zero-order chi connectivity index (χ0) is 25.0. The summed E-state index contributed by atoms with van der Waals surface area (Å²) in [7, 11) is 3.87. The van der Waals surface area contributed by atoms with Crippen molar-refractivity contribution in [3.63, 3.8) is 0 Å². The van der Waals surface area contributed by atoms with E-state index >= 15 is 0 Å². The fourth-order valence-electron chi connectivity index (χ4n) is 2.81.